The molecular formula is C21H23Cl3N2O2. The van der Waals surface area contributed by atoms with Crippen molar-refractivity contribution in [1.29, 1.82) is 0 Å². The lowest BCUT2D eigenvalue weighted by Crippen LogP contribution is -2.49. The number of nitrogens with zero attached hydrogens (tertiary/aromatic N) is 1. The minimum atomic E-state index is -0.669. The smallest absolute Gasteiger partial charge is 0.242 e. The van der Waals surface area contributed by atoms with E-state index in [-0.39, 0.29) is 30.8 Å². The van der Waals surface area contributed by atoms with Crippen LogP contribution in [0.25, 0.3) is 0 Å². The fourth-order valence-corrected chi connectivity index (χ4v) is 3.40. The molecule has 0 aliphatic rings. The van der Waals surface area contributed by atoms with Gasteiger partial charge < -0.3 is 10.2 Å². The maximum atomic E-state index is 13.1. The van der Waals surface area contributed by atoms with Gasteiger partial charge in [0.1, 0.15) is 6.04 Å². The van der Waals surface area contributed by atoms with E-state index >= 15 is 0 Å². The Kier molecular flexibility index (Phi) is 8.17. The van der Waals surface area contributed by atoms with Crippen molar-refractivity contribution >= 4 is 46.6 Å². The molecule has 0 bridgehead atoms. The topological polar surface area (TPSA) is 49.4 Å². The van der Waals surface area contributed by atoms with Crippen molar-refractivity contribution < 1.29 is 9.59 Å². The molecule has 0 saturated heterocycles. The lowest BCUT2D eigenvalue weighted by atomic mass is 10.1. The molecule has 0 aliphatic carbocycles. The highest BCUT2D eigenvalue weighted by Gasteiger charge is 2.27. The molecular weight excluding hydrogens is 419 g/mol. The zero-order chi connectivity index (χ0) is 20.8. The molecule has 2 aromatic rings. The van der Waals surface area contributed by atoms with E-state index in [2.05, 4.69) is 5.32 Å². The number of carbonyl (C=O) groups is 2. The Labute approximate surface area is 180 Å². The van der Waals surface area contributed by atoms with Crippen LogP contribution in [0.15, 0.2) is 42.5 Å². The number of amides is 2. The summed E-state index contributed by atoms with van der Waals surface area (Å²) >= 11 is 18.4. The Morgan fingerprint density at radius 2 is 1.64 bits per heavy atom. The van der Waals surface area contributed by atoms with Crippen molar-refractivity contribution in [3.8, 4) is 0 Å². The second kappa shape index (κ2) is 10.1. The summed E-state index contributed by atoms with van der Waals surface area (Å²) in [5.74, 6) is -0.451. The summed E-state index contributed by atoms with van der Waals surface area (Å²) in [6.45, 7) is 5.67. The molecule has 0 spiro atoms. The van der Waals surface area contributed by atoms with Crippen molar-refractivity contribution in [2.75, 3.05) is 0 Å². The highest BCUT2D eigenvalue weighted by atomic mass is 35.5. The van der Waals surface area contributed by atoms with Gasteiger partial charge in [0.25, 0.3) is 0 Å². The van der Waals surface area contributed by atoms with Crippen molar-refractivity contribution in [3.05, 3.63) is 68.7 Å². The quantitative estimate of drug-likeness (QED) is 0.647. The van der Waals surface area contributed by atoms with Gasteiger partial charge in [-0.05, 0) is 50.1 Å². The van der Waals surface area contributed by atoms with Crippen molar-refractivity contribution in [2.45, 2.75) is 45.8 Å². The minimum absolute atomic E-state index is 0.0297. The van der Waals surface area contributed by atoms with E-state index in [1.54, 1.807) is 31.2 Å². The molecule has 2 aromatic carbocycles. The van der Waals surface area contributed by atoms with Gasteiger partial charge >= 0.3 is 0 Å². The molecule has 0 saturated carbocycles. The summed E-state index contributed by atoms with van der Waals surface area (Å²) in [6.07, 6.45) is 0.0553. The zero-order valence-electron chi connectivity index (χ0n) is 16.0. The lowest BCUT2D eigenvalue weighted by Gasteiger charge is -2.30. The fraction of sp³-hybridized carbons (Fsp3) is 0.333. The summed E-state index contributed by atoms with van der Waals surface area (Å²) in [7, 11) is 0. The van der Waals surface area contributed by atoms with Crippen LogP contribution in [0, 0.1) is 0 Å². The monoisotopic (exact) mass is 440 g/mol. The van der Waals surface area contributed by atoms with Gasteiger partial charge in [0.15, 0.2) is 0 Å². The number of benzene rings is 2. The highest BCUT2D eigenvalue weighted by Crippen LogP contribution is 2.24. The van der Waals surface area contributed by atoms with E-state index in [1.807, 2.05) is 32.0 Å². The van der Waals surface area contributed by atoms with E-state index < -0.39 is 6.04 Å². The third-order valence-corrected chi connectivity index (χ3v) is 5.21. The highest BCUT2D eigenvalue weighted by molar-refractivity contribution is 6.35. The molecule has 0 aliphatic heterocycles. The normalized spacial score (nSPS) is 12.0. The van der Waals surface area contributed by atoms with Crippen LogP contribution < -0.4 is 5.32 Å². The number of halogens is 3. The van der Waals surface area contributed by atoms with Crippen molar-refractivity contribution in [3.63, 3.8) is 0 Å². The molecule has 4 nitrogen and oxygen atoms in total. The maximum absolute atomic E-state index is 13.1. The Morgan fingerprint density at radius 1 is 0.964 bits per heavy atom. The van der Waals surface area contributed by atoms with Crippen LogP contribution in [0.5, 0.6) is 0 Å². The van der Waals surface area contributed by atoms with Crippen LogP contribution in [0.1, 0.15) is 31.9 Å². The summed E-state index contributed by atoms with van der Waals surface area (Å²) in [5.41, 5.74) is 1.42. The molecule has 0 heterocycles. The molecule has 28 heavy (non-hydrogen) atoms. The third-order valence-electron chi connectivity index (χ3n) is 4.25. The van der Waals surface area contributed by atoms with Crippen molar-refractivity contribution in [2.24, 2.45) is 0 Å². The second-order valence-corrected chi connectivity index (χ2v) is 8.12. The van der Waals surface area contributed by atoms with Gasteiger partial charge in [-0.2, -0.15) is 0 Å². The average molecular weight is 442 g/mol. The van der Waals surface area contributed by atoms with Gasteiger partial charge in [0, 0.05) is 27.7 Å². The SMILES string of the molecule is CC(C)NC(=O)C(C)N(Cc1ccccc1Cl)C(=O)Cc1ccc(Cl)cc1Cl. The van der Waals surface area contributed by atoms with E-state index in [0.717, 1.165) is 5.56 Å². The molecule has 1 atom stereocenters. The predicted molar refractivity (Wildman–Crippen MR) is 115 cm³/mol. The molecule has 150 valence electrons. The van der Waals surface area contributed by atoms with Crippen LogP contribution in [-0.2, 0) is 22.6 Å². The molecule has 2 rings (SSSR count). The van der Waals surface area contributed by atoms with Gasteiger partial charge in [-0.15, -0.1) is 0 Å². The Hall–Kier alpha value is -1.75. The van der Waals surface area contributed by atoms with E-state index in [0.29, 0.717) is 20.6 Å². The second-order valence-electron chi connectivity index (χ2n) is 6.86. The molecule has 0 aromatic heterocycles. The first kappa shape index (κ1) is 22.5. The zero-order valence-corrected chi connectivity index (χ0v) is 18.3. The number of hydrogen-bond acceptors (Lipinski definition) is 2. The Balaban J connectivity index is 2.29. The Morgan fingerprint density at radius 3 is 2.25 bits per heavy atom. The molecule has 1 unspecified atom stereocenters. The minimum Gasteiger partial charge on any atom is -0.352 e. The van der Waals surface area contributed by atoms with E-state index in [4.69, 9.17) is 34.8 Å². The predicted octanol–water partition coefficient (Wildman–Crippen LogP) is 5.13. The van der Waals surface area contributed by atoms with Crippen LogP contribution in [0.2, 0.25) is 15.1 Å². The van der Waals surface area contributed by atoms with Gasteiger partial charge in [-0.1, -0.05) is 59.1 Å². The van der Waals surface area contributed by atoms with E-state index in [1.165, 1.54) is 4.90 Å². The number of hydrogen-bond donors (Lipinski definition) is 1. The maximum Gasteiger partial charge on any atom is 0.242 e. The molecule has 2 amide bonds. The summed E-state index contributed by atoms with van der Waals surface area (Å²) < 4.78 is 0. The van der Waals surface area contributed by atoms with Crippen LogP contribution in [-0.4, -0.2) is 28.8 Å². The molecule has 0 fully saturated rings. The number of nitrogens with one attached hydrogen (secondary N) is 1. The summed E-state index contributed by atoms with van der Waals surface area (Å²) in [5, 5.41) is 4.31. The number of carbonyl (C=O) groups excluding carboxylic acids is 2. The molecule has 0 radical (unpaired) electrons. The van der Waals surface area contributed by atoms with Gasteiger partial charge in [-0.3, -0.25) is 9.59 Å². The van der Waals surface area contributed by atoms with E-state index in [9.17, 15) is 9.59 Å². The van der Waals surface area contributed by atoms with Crippen LogP contribution in [0.3, 0.4) is 0 Å². The van der Waals surface area contributed by atoms with Crippen LogP contribution >= 0.6 is 34.8 Å². The van der Waals surface area contributed by atoms with Crippen molar-refractivity contribution in [1.82, 2.24) is 10.2 Å². The first-order valence-corrected chi connectivity index (χ1v) is 10.1. The molecule has 1 N–H and O–H groups in total. The summed E-state index contributed by atoms with van der Waals surface area (Å²) in [4.78, 5) is 27.2. The Bertz CT molecular complexity index is 855. The number of rotatable bonds is 7. The average Bonchev–Trinajstić information content (AvgIpc) is 2.62. The standard InChI is InChI=1S/C21H23Cl3N2O2/c1-13(2)25-21(28)14(3)26(12-16-6-4-5-7-18(16)23)20(27)10-15-8-9-17(22)11-19(15)24/h4-9,11,13-14H,10,12H2,1-3H3,(H,25,28). The van der Waals surface area contributed by atoms with Gasteiger partial charge in [0.05, 0.1) is 6.42 Å². The van der Waals surface area contributed by atoms with Gasteiger partial charge in [-0.25, -0.2) is 0 Å². The lowest BCUT2D eigenvalue weighted by molar-refractivity contribution is -0.140. The largest absolute Gasteiger partial charge is 0.352 e. The van der Waals surface area contributed by atoms with Gasteiger partial charge in [0.2, 0.25) is 11.8 Å². The summed E-state index contributed by atoms with van der Waals surface area (Å²) in [6, 6.07) is 11.6. The third kappa shape index (κ3) is 6.13. The molecule has 7 heteroatoms. The fourth-order valence-electron chi connectivity index (χ4n) is 2.73. The first-order valence-electron chi connectivity index (χ1n) is 8.96. The van der Waals surface area contributed by atoms with Crippen LogP contribution in [0.4, 0.5) is 0 Å². The first-order chi connectivity index (χ1) is 13.2.